The maximum atomic E-state index is 13.2. The zero-order chi connectivity index (χ0) is 26.6. The molecule has 1 heterocycles. The summed E-state index contributed by atoms with van der Waals surface area (Å²) in [5.74, 6) is -0.381. The summed E-state index contributed by atoms with van der Waals surface area (Å²) in [4.78, 5) is 27.2. The molecule has 0 saturated carbocycles. The number of rotatable bonds is 7. The van der Waals surface area contributed by atoms with Gasteiger partial charge in [-0.15, -0.1) is 0 Å². The number of aliphatic hydroxyl groups excluding tert-OH is 2. The van der Waals surface area contributed by atoms with E-state index in [2.05, 4.69) is 5.32 Å². The molecule has 3 rings (SSSR count). The maximum absolute atomic E-state index is 13.2. The third-order valence-corrected chi connectivity index (χ3v) is 6.46. The summed E-state index contributed by atoms with van der Waals surface area (Å²) in [7, 11) is 0. The summed E-state index contributed by atoms with van der Waals surface area (Å²) in [6.45, 7) is 7.22. The van der Waals surface area contributed by atoms with Gasteiger partial charge in [-0.1, -0.05) is 47.5 Å². The Hall–Kier alpha value is -2.32. The molecule has 1 aliphatic heterocycles. The Morgan fingerprint density at radius 1 is 1.08 bits per heavy atom. The Labute approximate surface area is 222 Å². The van der Waals surface area contributed by atoms with Gasteiger partial charge in [-0.25, -0.2) is 4.79 Å². The quantitative estimate of drug-likeness (QED) is 0.470. The summed E-state index contributed by atoms with van der Waals surface area (Å²) < 4.78 is 5.45. The van der Waals surface area contributed by atoms with Crippen molar-refractivity contribution in [2.45, 2.75) is 76.9 Å². The Kier molecular flexibility index (Phi) is 9.28. The van der Waals surface area contributed by atoms with E-state index in [1.807, 2.05) is 36.4 Å². The van der Waals surface area contributed by atoms with E-state index in [0.29, 0.717) is 29.4 Å². The normalized spacial score (nSPS) is 18.4. The molecule has 0 radical (unpaired) electrons. The molecule has 1 saturated heterocycles. The largest absolute Gasteiger partial charge is 0.444 e. The van der Waals surface area contributed by atoms with Crippen LogP contribution in [0.25, 0.3) is 11.1 Å². The van der Waals surface area contributed by atoms with E-state index >= 15 is 0 Å². The van der Waals surface area contributed by atoms with Crippen LogP contribution in [0.4, 0.5) is 4.79 Å². The van der Waals surface area contributed by atoms with Gasteiger partial charge in [-0.2, -0.15) is 0 Å². The van der Waals surface area contributed by atoms with Crippen molar-refractivity contribution in [2.24, 2.45) is 0 Å². The number of likely N-dealkylation sites (tertiary alicyclic amines) is 1. The van der Waals surface area contributed by atoms with Crippen LogP contribution in [0.2, 0.25) is 10.0 Å². The minimum absolute atomic E-state index is 0.285. The van der Waals surface area contributed by atoms with Crippen LogP contribution in [0, 0.1) is 0 Å². The molecule has 196 valence electrons. The highest BCUT2D eigenvalue weighted by Crippen LogP contribution is 2.28. The van der Waals surface area contributed by atoms with E-state index in [0.717, 1.165) is 16.7 Å². The van der Waals surface area contributed by atoms with Gasteiger partial charge in [-0.3, -0.25) is 9.69 Å². The first-order valence-corrected chi connectivity index (χ1v) is 12.8. The molecule has 0 aromatic heterocycles. The molecule has 2 amide bonds. The molecule has 3 N–H and O–H groups in total. The summed E-state index contributed by atoms with van der Waals surface area (Å²) in [6.07, 6.45) is -1.34. The lowest BCUT2D eigenvalue weighted by molar-refractivity contribution is -0.127. The minimum atomic E-state index is -1.20. The highest BCUT2D eigenvalue weighted by atomic mass is 35.5. The van der Waals surface area contributed by atoms with Crippen LogP contribution >= 0.6 is 23.2 Å². The van der Waals surface area contributed by atoms with Crippen LogP contribution < -0.4 is 5.32 Å². The molecule has 9 heteroatoms. The lowest BCUT2D eigenvalue weighted by atomic mass is 9.96. The van der Waals surface area contributed by atoms with Crippen molar-refractivity contribution in [1.82, 2.24) is 10.2 Å². The first kappa shape index (κ1) is 28.3. The topological polar surface area (TPSA) is 99.1 Å². The highest BCUT2D eigenvalue weighted by Gasteiger charge is 2.38. The van der Waals surface area contributed by atoms with Gasteiger partial charge in [0, 0.05) is 16.6 Å². The average Bonchev–Trinajstić information content (AvgIpc) is 3.27. The Morgan fingerprint density at radius 3 is 2.25 bits per heavy atom. The van der Waals surface area contributed by atoms with Gasteiger partial charge >= 0.3 is 6.09 Å². The number of hydrogen-bond donors (Lipinski definition) is 3. The monoisotopic (exact) mass is 536 g/mol. The number of halogens is 2. The molecule has 0 bridgehead atoms. The smallest absolute Gasteiger partial charge is 0.410 e. The zero-order valence-corrected chi connectivity index (χ0v) is 22.5. The Morgan fingerprint density at radius 2 is 1.69 bits per heavy atom. The number of aliphatic hydroxyl groups is 2. The van der Waals surface area contributed by atoms with Crippen molar-refractivity contribution in [2.75, 3.05) is 6.54 Å². The van der Waals surface area contributed by atoms with Crippen LogP contribution in [0.5, 0.6) is 0 Å². The summed E-state index contributed by atoms with van der Waals surface area (Å²) in [6, 6.07) is 11.4. The number of carbonyl (C=O) groups is 2. The first-order valence-electron chi connectivity index (χ1n) is 12.1. The molecule has 4 atom stereocenters. The Bertz CT molecular complexity index is 1050. The van der Waals surface area contributed by atoms with Gasteiger partial charge in [0.05, 0.1) is 12.1 Å². The van der Waals surface area contributed by atoms with Crippen LogP contribution in [-0.4, -0.2) is 63.6 Å². The molecular weight excluding hydrogens is 503 g/mol. The molecule has 3 unspecified atom stereocenters. The fraction of sp³-hybridized carbons (Fsp3) is 0.481. The minimum Gasteiger partial charge on any atom is -0.444 e. The number of carbonyl (C=O) groups excluding carboxylic acids is 2. The van der Waals surface area contributed by atoms with E-state index in [1.165, 1.54) is 11.8 Å². The maximum Gasteiger partial charge on any atom is 0.410 e. The summed E-state index contributed by atoms with van der Waals surface area (Å²) in [5, 5.41) is 24.7. The Balaban J connectivity index is 1.74. The van der Waals surface area contributed by atoms with Crippen LogP contribution in [0.15, 0.2) is 42.5 Å². The molecule has 0 spiro atoms. The predicted molar refractivity (Wildman–Crippen MR) is 141 cm³/mol. The molecular formula is C27H34Cl2N2O5. The zero-order valence-electron chi connectivity index (χ0n) is 21.0. The van der Waals surface area contributed by atoms with Crippen molar-refractivity contribution < 1.29 is 24.5 Å². The summed E-state index contributed by atoms with van der Waals surface area (Å²) in [5.41, 5.74) is 1.97. The van der Waals surface area contributed by atoms with Crippen LogP contribution in [-0.2, 0) is 16.0 Å². The second-order valence-corrected chi connectivity index (χ2v) is 11.1. The van der Waals surface area contributed by atoms with Crippen LogP contribution in [0.3, 0.4) is 0 Å². The van der Waals surface area contributed by atoms with Gasteiger partial charge in [0.25, 0.3) is 0 Å². The number of nitrogens with zero attached hydrogens (tertiary/aromatic N) is 1. The molecule has 7 nitrogen and oxygen atoms in total. The standard InChI is InChI=1S/C27H34Cl2N2O5/c1-16(32)24(33)22(30-25(34)23-6-5-11-31(23)26(35)36-27(2,3)4)12-17-7-9-18(10-8-17)19-13-20(28)15-21(29)14-19/h7-10,13-16,22-24,32-33H,5-6,11-12H2,1-4H3,(H,30,34)/t16?,22?,23-,24?/m0/s1. The number of nitrogens with one attached hydrogen (secondary N) is 1. The van der Waals surface area contributed by atoms with Crippen molar-refractivity contribution in [3.8, 4) is 11.1 Å². The van der Waals surface area contributed by atoms with E-state index in [-0.39, 0.29) is 12.3 Å². The molecule has 2 aromatic carbocycles. The van der Waals surface area contributed by atoms with E-state index < -0.39 is 36.0 Å². The SMILES string of the molecule is CC(O)C(O)C(Cc1ccc(-c2cc(Cl)cc(Cl)c2)cc1)NC(=O)[C@@H]1CCCN1C(=O)OC(C)(C)C. The van der Waals surface area contributed by atoms with Gasteiger partial charge < -0.3 is 20.3 Å². The second kappa shape index (κ2) is 11.8. The number of hydrogen-bond acceptors (Lipinski definition) is 5. The summed E-state index contributed by atoms with van der Waals surface area (Å²) >= 11 is 12.2. The molecule has 36 heavy (non-hydrogen) atoms. The fourth-order valence-corrected chi connectivity index (χ4v) is 4.78. The van der Waals surface area contributed by atoms with Crippen molar-refractivity contribution in [3.63, 3.8) is 0 Å². The second-order valence-electron chi connectivity index (χ2n) is 10.2. The predicted octanol–water partition coefficient (Wildman–Crippen LogP) is 4.83. The molecule has 1 fully saturated rings. The lowest BCUT2D eigenvalue weighted by Gasteiger charge is -2.31. The van der Waals surface area contributed by atoms with Crippen molar-refractivity contribution >= 4 is 35.2 Å². The molecule has 0 aliphatic carbocycles. The van der Waals surface area contributed by atoms with Gasteiger partial charge in [0.2, 0.25) is 5.91 Å². The fourth-order valence-electron chi connectivity index (χ4n) is 4.26. The lowest BCUT2D eigenvalue weighted by Crippen LogP contribution is -2.54. The average molecular weight is 537 g/mol. The van der Waals surface area contributed by atoms with E-state index in [9.17, 15) is 19.8 Å². The van der Waals surface area contributed by atoms with Gasteiger partial charge in [-0.05, 0) is 81.8 Å². The first-order chi connectivity index (χ1) is 16.8. The van der Waals surface area contributed by atoms with Crippen molar-refractivity contribution in [1.29, 1.82) is 0 Å². The highest BCUT2D eigenvalue weighted by molar-refractivity contribution is 6.35. The molecule has 2 aromatic rings. The number of benzene rings is 2. The van der Waals surface area contributed by atoms with Gasteiger partial charge in [0.15, 0.2) is 0 Å². The van der Waals surface area contributed by atoms with Crippen molar-refractivity contribution in [3.05, 3.63) is 58.1 Å². The van der Waals surface area contributed by atoms with Gasteiger partial charge in [0.1, 0.15) is 17.7 Å². The number of ether oxygens (including phenoxy) is 1. The van der Waals surface area contributed by atoms with E-state index in [4.69, 9.17) is 27.9 Å². The third-order valence-electron chi connectivity index (χ3n) is 6.02. The van der Waals surface area contributed by atoms with Crippen LogP contribution in [0.1, 0.15) is 46.1 Å². The van der Waals surface area contributed by atoms with E-state index in [1.54, 1.807) is 26.8 Å². The third kappa shape index (κ3) is 7.59. The number of amides is 2. The molecule has 1 aliphatic rings.